The van der Waals surface area contributed by atoms with Gasteiger partial charge >= 0.3 is 0 Å². The van der Waals surface area contributed by atoms with E-state index in [2.05, 4.69) is 407 Å². The molecule has 5 unspecified atom stereocenters. The van der Waals surface area contributed by atoms with Crippen LogP contribution in [0.3, 0.4) is 0 Å². The van der Waals surface area contributed by atoms with Gasteiger partial charge in [-0.15, -0.1) is 0 Å². The summed E-state index contributed by atoms with van der Waals surface area (Å²) in [6, 6.07) is 0. The average molecular weight is 1480 g/mol. The summed E-state index contributed by atoms with van der Waals surface area (Å²) in [5.74, 6) is 5.46. The lowest BCUT2D eigenvalue weighted by molar-refractivity contribution is 0.544. The van der Waals surface area contributed by atoms with Gasteiger partial charge in [0.15, 0.2) is 0 Å². The molecule has 0 bridgehead atoms. The molecule has 0 spiro atoms. The van der Waals surface area contributed by atoms with Crippen LogP contribution in [0.2, 0.25) is 0 Å². The summed E-state index contributed by atoms with van der Waals surface area (Å²) < 4.78 is 0. The zero-order valence-electron chi connectivity index (χ0n) is 72.9. The van der Waals surface area contributed by atoms with Crippen LogP contribution in [0.4, 0.5) is 0 Å². The van der Waals surface area contributed by atoms with Crippen molar-refractivity contribution < 1.29 is 0 Å². The topological polar surface area (TPSA) is 0 Å². The minimum absolute atomic E-state index is 0.685. The van der Waals surface area contributed by atoms with Gasteiger partial charge in [-0.2, -0.15) is 0 Å². The fourth-order valence-electron chi connectivity index (χ4n) is 12.0. The molecule has 0 heterocycles. The first-order chi connectivity index (χ1) is 53.5. The molecule has 5 atom stereocenters. The van der Waals surface area contributed by atoms with E-state index >= 15 is 0 Å². The molecule has 0 heteroatoms. The summed E-state index contributed by atoms with van der Waals surface area (Å²) >= 11 is 0. The van der Waals surface area contributed by atoms with Crippen LogP contribution in [0.25, 0.3) is 0 Å². The summed E-state index contributed by atoms with van der Waals surface area (Å²) in [4.78, 5) is 0. The maximum absolute atomic E-state index is 2.32. The highest BCUT2D eigenvalue weighted by Crippen LogP contribution is 2.19. The summed E-state index contributed by atoms with van der Waals surface area (Å²) in [6.07, 6.45) is 151. The first kappa shape index (κ1) is 100. The lowest BCUT2D eigenvalue weighted by atomic mass is 10.00. The normalized spacial score (nSPS) is 25.5. The quantitative estimate of drug-likeness (QED) is 0.227. The summed E-state index contributed by atoms with van der Waals surface area (Å²) in [7, 11) is 0. The standard InChI is InChI=1S/4C9H14.C9H12.4C8H12.3C7H10.2C6H8/c5*1-9-7-5-3-2-4-6-8-9;4*1-8-6-4-2-3-5-7-8;3*1-7-5-3-2-4-6-7;2*1-6-4-2-3-5-6/h5,7-8H,2-4,6H2,1H3;3,5,7H,2,4,6,8H2,1H3;2-3,5,7,9H,4,6,8H2,1H3;2-5,9H,6-8H2,1H3;2-7,9H,8H2,1H3;4,6-7H,2-3,5H2,1H3;2,4,6H,3,5,7H2,1H3;2-4,6,8H,5,7H2,1H3;2-5,8H,6-7H2,1H3;3,5-6H,2,4H2,1H3;2-3,5H,4,6H2,1H3;2-5,7H,6H2,1H3;2-4H,5H2,1H3;2-6H,1H3/b;5-3-,9-7-;3-2-,7-5-;4-2-,5-3-;3-2-,6-4-,7-5-;;;;;;;;;. The molecule has 0 aromatic carbocycles. The molecule has 602 valence electrons. The van der Waals surface area contributed by atoms with Crippen molar-refractivity contribution in [2.24, 2.45) is 41.4 Å². The fraction of sp³-hybridized carbons (Fsp3) is 0.473. The second-order valence-corrected chi connectivity index (χ2v) is 31.9. The second kappa shape index (κ2) is 75.5. The van der Waals surface area contributed by atoms with Gasteiger partial charge in [0.2, 0.25) is 0 Å². The zero-order chi connectivity index (χ0) is 80.1. The van der Waals surface area contributed by atoms with Crippen LogP contribution >= 0.6 is 0 Å². The van der Waals surface area contributed by atoms with Crippen LogP contribution in [-0.2, 0) is 0 Å². The van der Waals surface area contributed by atoms with Gasteiger partial charge < -0.3 is 0 Å². The third kappa shape index (κ3) is 73.3. The van der Waals surface area contributed by atoms with Crippen molar-refractivity contribution in [3.63, 3.8) is 0 Å². The highest BCUT2D eigenvalue weighted by molar-refractivity contribution is 5.23. The minimum Gasteiger partial charge on any atom is -0.0845 e. The average Bonchev–Trinajstić information content (AvgIpc) is 1.95. The molecule has 0 amide bonds. The van der Waals surface area contributed by atoms with E-state index in [9.17, 15) is 0 Å². The van der Waals surface area contributed by atoms with Crippen LogP contribution in [-0.4, -0.2) is 0 Å². The lowest BCUT2D eigenvalue weighted by Gasteiger charge is -2.06. The van der Waals surface area contributed by atoms with E-state index in [1.165, 1.54) is 238 Å². The van der Waals surface area contributed by atoms with E-state index in [4.69, 9.17) is 0 Å². The third-order valence-electron chi connectivity index (χ3n) is 19.6. The molecule has 14 aliphatic carbocycles. The van der Waals surface area contributed by atoms with E-state index in [1.54, 1.807) is 0 Å². The lowest BCUT2D eigenvalue weighted by Crippen LogP contribution is -1.91. The Morgan fingerprint density at radius 3 is 1.09 bits per heavy atom. The summed E-state index contributed by atoms with van der Waals surface area (Å²) in [6.45, 7) is 30.9. The molecule has 14 aliphatic rings. The molecule has 110 heavy (non-hydrogen) atoms. The SMILES string of the molecule is C/C1=C/C=C\CCCC1.CC1/C=C\C=C/CCC1.CC1=CC=CC1.CC1=CC=CCC1.CC1=CC=CCCC1.CC1=CCCC=C1.CC1=CCCCC=C1.CC1=CCCCCC=C1.CC1C/C=C\C=C/CC1.CC1C=CC=C1.CC1C=CC=CC1.CC1C=CC=CCC1.CC1CC=CC=CC1.CC1\C=C/C=C\C=C/C1. The van der Waals surface area contributed by atoms with Crippen LogP contribution in [0.5, 0.6) is 0 Å². The maximum Gasteiger partial charge on any atom is -0.00756 e. The molecule has 0 aromatic rings. The number of rotatable bonds is 0. The van der Waals surface area contributed by atoms with Crippen molar-refractivity contribution >= 4 is 0 Å². The van der Waals surface area contributed by atoms with Gasteiger partial charge in [-0.05, 0) is 289 Å². The first-order valence-corrected chi connectivity index (χ1v) is 43.8. The zero-order valence-corrected chi connectivity index (χ0v) is 72.9. The van der Waals surface area contributed by atoms with E-state index in [1.807, 2.05) is 0 Å². The van der Waals surface area contributed by atoms with Crippen molar-refractivity contribution in [1.29, 1.82) is 0 Å². The number of hydrogen-bond acceptors (Lipinski definition) is 0. The smallest absolute Gasteiger partial charge is 0.00756 e. The van der Waals surface area contributed by atoms with Crippen molar-refractivity contribution in [2.45, 2.75) is 296 Å². The molecule has 0 saturated heterocycles. The fourth-order valence-corrected chi connectivity index (χ4v) is 12.0. The van der Waals surface area contributed by atoms with Gasteiger partial charge in [0.25, 0.3) is 0 Å². The van der Waals surface area contributed by atoms with Crippen molar-refractivity contribution in [3.05, 3.63) is 349 Å². The van der Waals surface area contributed by atoms with Gasteiger partial charge in [-0.1, -0.05) is 397 Å². The summed E-state index contributed by atoms with van der Waals surface area (Å²) in [5.41, 5.74) is 10.3. The Kier molecular flexibility index (Phi) is 69.0. The van der Waals surface area contributed by atoms with E-state index in [0.29, 0.717) is 11.8 Å². The van der Waals surface area contributed by atoms with E-state index in [-0.39, 0.29) is 0 Å². The highest BCUT2D eigenvalue weighted by atomic mass is 14.1. The molecular formula is C110H162. The second-order valence-electron chi connectivity index (χ2n) is 31.9. The Labute approximate surface area is 682 Å². The van der Waals surface area contributed by atoms with E-state index < -0.39 is 0 Å². The van der Waals surface area contributed by atoms with Crippen LogP contribution < -0.4 is 0 Å². The Balaban J connectivity index is 0.000000593. The Morgan fingerprint density at radius 2 is 0.582 bits per heavy atom. The van der Waals surface area contributed by atoms with Crippen LogP contribution in [0.1, 0.15) is 296 Å². The first-order valence-electron chi connectivity index (χ1n) is 43.8. The predicted octanol–water partition coefficient (Wildman–Crippen LogP) is 35.4. The van der Waals surface area contributed by atoms with E-state index in [0.717, 1.165) is 29.6 Å². The molecule has 0 aromatic heterocycles. The monoisotopic (exact) mass is 1480 g/mol. The van der Waals surface area contributed by atoms with Crippen molar-refractivity contribution in [1.82, 2.24) is 0 Å². The van der Waals surface area contributed by atoms with Gasteiger partial charge in [-0.25, -0.2) is 0 Å². The van der Waals surface area contributed by atoms with Gasteiger partial charge in [0.05, 0.1) is 0 Å². The Bertz CT molecular complexity index is 3230. The molecule has 0 radical (unpaired) electrons. The van der Waals surface area contributed by atoms with Gasteiger partial charge in [0, 0.05) is 0 Å². The highest BCUT2D eigenvalue weighted by Gasteiger charge is 2.02. The molecule has 14 rings (SSSR count). The minimum atomic E-state index is 0.685. The van der Waals surface area contributed by atoms with Crippen LogP contribution in [0, 0.1) is 41.4 Å². The third-order valence-corrected chi connectivity index (χ3v) is 19.6. The molecular weight excluding hydrogens is 1320 g/mol. The Hall–Kier alpha value is -7.54. The molecule has 0 aliphatic heterocycles. The molecule has 0 saturated carbocycles. The molecule has 0 nitrogen and oxygen atoms in total. The van der Waals surface area contributed by atoms with Crippen LogP contribution in [0.15, 0.2) is 349 Å². The molecule has 0 fully saturated rings. The molecule has 0 N–H and O–H groups in total. The number of hydrogen-bond donors (Lipinski definition) is 0. The Morgan fingerprint density at radius 1 is 0.218 bits per heavy atom. The number of allylic oxidation sites excluding steroid dienone is 58. The van der Waals surface area contributed by atoms with Crippen molar-refractivity contribution in [2.75, 3.05) is 0 Å². The largest absolute Gasteiger partial charge is 0.0845 e. The predicted molar refractivity (Wildman–Crippen MR) is 505 cm³/mol. The van der Waals surface area contributed by atoms with Crippen molar-refractivity contribution in [3.8, 4) is 0 Å². The summed E-state index contributed by atoms with van der Waals surface area (Å²) in [5, 5.41) is 0. The van der Waals surface area contributed by atoms with Gasteiger partial charge in [-0.3, -0.25) is 0 Å². The van der Waals surface area contributed by atoms with Gasteiger partial charge in [0.1, 0.15) is 0 Å². The maximum atomic E-state index is 2.32.